The van der Waals surface area contributed by atoms with E-state index < -0.39 is 10.0 Å². The first kappa shape index (κ1) is 20.4. The van der Waals surface area contributed by atoms with Crippen LogP contribution in [0.5, 0.6) is 0 Å². The Morgan fingerprint density at radius 2 is 1.52 bits per heavy atom. The maximum atomic E-state index is 12.7. The Morgan fingerprint density at radius 1 is 1.00 bits per heavy atom. The van der Waals surface area contributed by atoms with E-state index in [1.165, 1.54) is 12.0 Å². The van der Waals surface area contributed by atoms with Crippen molar-refractivity contribution in [3.8, 4) is 0 Å². The average molecular weight is 361 g/mol. The van der Waals surface area contributed by atoms with Crippen molar-refractivity contribution in [2.24, 2.45) is 0 Å². The van der Waals surface area contributed by atoms with E-state index in [0.29, 0.717) is 17.5 Å². The van der Waals surface area contributed by atoms with Crippen molar-refractivity contribution in [3.05, 3.63) is 27.8 Å². The summed E-state index contributed by atoms with van der Waals surface area (Å²) in [5.74, 6) is 0. The molecule has 0 radical (unpaired) electrons. The minimum Gasteiger partial charge on any atom is -0.314 e. The molecule has 23 heavy (non-hydrogen) atoms. The van der Waals surface area contributed by atoms with E-state index >= 15 is 0 Å². The maximum Gasteiger partial charge on any atom is 0.241 e. The second-order valence-corrected chi connectivity index (χ2v) is 8.14. The smallest absolute Gasteiger partial charge is 0.241 e. The molecule has 6 heteroatoms. The Labute approximate surface area is 146 Å². The fraction of sp³-hybridized carbons (Fsp3) is 0.647. The maximum absolute atomic E-state index is 12.7. The summed E-state index contributed by atoms with van der Waals surface area (Å²) in [6.45, 7) is 11.4. The molecule has 0 aromatic heterocycles. The second-order valence-electron chi connectivity index (χ2n) is 6.43. The summed E-state index contributed by atoms with van der Waals surface area (Å²) in [7, 11) is -3.45. The Kier molecular flexibility index (Phi) is 7.08. The van der Waals surface area contributed by atoms with Crippen LogP contribution in [0.1, 0.15) is 47.1 Å². The summed E-state index contributed by atoms with van der Waals surface area (Å²) >= 11 is 0. The molecule has 132 valence electrons. The number of sulfonamides is 1. The van der Waals surface area contributed by atoms with Crippen molar-refractivity contribution in [1.82, 2.24) is 10.0 Å². The predicted octanol–water partition coefficient (Wildman–Crippen LogP) is 3.07. The molecule has 0 bridgehead atoms. The van der Waals surface area contributed by atoms with Gasteiger partial charge in [0.1, 0.15) is 0 Å². The molecule has 4 nitrogen and oxygen atoms in total. The summed E-state index contributed by atoms with van der Waals surface area (Å²) in [6, 6.07) is 0.450. The average Bonchev–Trinajstić information content (AvgIpc) is 2.96. The van der Waals surface area contributed by atoms with Gasteiger partial charge >= 0.3 is 0 Å². The molecule has 1 heterocycles. The molecule has 2 rings (SSSR count). The minimum atomic E-state index is -3.45. The third-order valence-electron chi connectivity index (χ3n) is 5.15. The lowest BCUT2D eigenvalue weighted by atomic mass is 9.95. The Hall–Kier alpha value is -0.620. The topological polar surface area (TPSA) is 58.2 Å². The lowest BCUT2D eigenvalue weighted by Gasteiger charge is -2.19. The van der Waals surface area contributed by atoms with Gasteiger partial charge in [-0.2, -0.15) is 0 Å². The van der Waals surface area contributed by atoms with Gasteiger partial charge < -0.3 is 5.32 Å². The van der Waals surface area contributed by atoms with Crippen molar-refractivity contribution < 1.29 is 8.42 Å². The monoisotopic (exact) mass is 360 g/mol. The van der Waals surface area contributed by atoms with E-state index in [1.807, 2.05) is 27.7 Å². The standard InChI is InChI=1S/C17H28N2O2S.ClH/c1-11-12(2)14(4)17(15(5)13(11)3)22(20,21)19-10-8-16-7-6-9-18-16;/h16,18-19H,6-10H2,1-5H3;1H/t16-;/m1./s1. The first-order valence-corrected chi connectivity index (χ1v) is 9.54. The van der Waals surface area contributed by atoms with Gasteiger partial charge in [-0.25, -0.2) is 13.1 Å². The molecule has 1 fully saturated rings. The van der Waals surface area contributed by atoms with E-state index in [-0.39, 0.29) is 12.4 Å². The van der Waals surface area contributed by atoms with E-state index in [2.05, 4.69) is 17.0 Å². The van der Waals surface area contributed by atoms with Gasteiger partial charge in [-0.1, -0.05) is 0 Å². The van der Waals surface area contributed by atoms with Crippen LogP contribution in [-0.2, 0) is 10.0 Å². The van der Waals surface area contributed by atoms with E-state index in [4.69, 9.17) is 0 Å². The van der Waals surface area contributed by atoms with Gasteiger partial charge in [0.25, 0.3) is 0 Å². The first-order chi connectivity index (χ1) is 10.3. The zero-order chi connectivity index (χ0) is 16.5. The third-order valence-corrected chi connectivity index (χ3v) is 6.88. The first-order valence-electron chi connectivity index (χ1n) is 8.05. The molecule has 0 spiro atoms. The molecule has 1 aliphatic rings. The van der Waals surface area contributed by atoms with Crippen molar-refractivity contribution >= 4 is 22.4 Å². The summed E-state index contributed by atoms with van der Waals surface area (Å²) in [4.78, 5) is 0.465. The van der Waals surface area contributed by atoms with Crippen LogP contribution in [0.15, 0.2) is 4.90 Å². The summed E-state index contributed by atoms with van der Waals surface area (Å²) in [5, 5.41) is 3.40. The van der Waals surface area contributed by atoms with Crippen LogP contribution >= 0.6 is 12.4 Å². The van der Waals surface area contributed by atoms with Crippen molar-refractivity contribution in [1.29, 1.82) is 0 Å². The summed E-state index contributed by atoms with van der Waals surface area (Å²) in [5.41, 5.74) is 5.06. The minimum absolute atomic E-state index is 0. The second kappa shape index (κ2) is 7.97. The van der Waals surface area contributed by atoms with Gasteiger partial charge in [-0.3, -0.25) is 0 Å². The highest BCUT2D eigenvalue weighted by molar-refractivity contribution is 7.89. The predicted molar refractivity (Wildman–Crippen MR) is 98.2 cm³/mol. The normalized spacial score (nSPS) is 18.0. The van der Waals surface area contributed by atoms with E-state index in [1.54, 1.807) is 0 Å². The molecule has 2 N–H and O–H groups in total. The molecular weight excluding hydrogens is 332 g/mol. The van der Waals surface area contributed by atoms with Crippen molar-refractivity contribution in [3.63, 3.8) is 0 Å². The highest BCUT2D eigenvalue weighted by atomic mass is 35.5. The summed E-state index contributed by atoms with van der Waals surface area (Å²) < 4.78 is 28.3. The zero-order valence-corrected chi connectivity index (χ0v) is 16.4. The lowest BCUT2D eigenvalue weighted by molar-refractivity contribution is 0.539. The number of hydrogen-bond acceptors (Lipinski definition) is 3. The molecule has 0 saturated carbocycles. The molecule has 0 amide bonds. The van der Waals surface area contributed by atoms with Gasteiger partial charge in [0.15, 0.2) is 0 Å². The van der Waals surface area contributed by atoms with Crippen LogP contribution in [0.25, 0.3) is 0 Å². The molecule has 0 aliphatic carbocycles. The Morgan fingerprint density at radius 3 is 2.00 bits per heavy atom. The largest absolute Gasteiger partial charge is 0.314 e. The highest BCUT2D eigenvalue weighted by Gasteiger charge is 2.24. The third kappa shape index (κ3) is 4.27. The number of hydrogen-bond donors (Lipinski definition) is 2. The van der Waals surface area contributed by atoms with Crippen LogP contribution in [0.4, 0.5) is 0 Å². The SMILES string of the molecule is Cc1c(C)c(C)c(S(=O)(=O)NCC[C@H]2CCCN2)c(C)c1C.Cl. The number of nitrogens with one attached hydrogen (secondary N) is 2. The van der Waals surface area contributed by atoms with Gasteiger partial charge in [0, 0.05) is 12.6 Å². The molecule has 1 atom stereocenters. The number of halogens is 1. The highest BCUT2D eigenvalue weighted by Crippen LogP contribution is 2.29. The quantitative estimate of drug-likeness (QED) is 0.848. The fourth-order valence-corrected chi connectivity index (χ4v) is 4.95. The fourth-order valence-electron chi connectivity index (χ4n) is 3.31. The van der Waals surface area contributed by atoms with Crippen LogP contribution in [-0.4, -0.2) is 27.5 Å². The van der Waals surface area contributed by atoms with E-state index in [9.17, 15) is 8.42 Å². The van der Waals surface area contributed by atoms with Gasteiger partial charge in [0.05, 0.1) is 4.90 Å². The molecule has 1 aromatic carbocycles. The number of benzene rings is 1. The lowest BCUT2D eigenvalue weighted by Crippen LogP contribution is -2.31. The van der Waals surface area contributed by atoms with Crippen LogP contribution in [0, 0.1) is 34.6 Å². The van der Waals surface area contributed by atoms with Crippen molar-refractivity contribution in [2.45, 2.75) is 64.8 Å². The van der Waals surface area contributed by atoms with Gasteiger partial charge in [0.2, 0.25) is 10.0 Å². The zero-order valence-electron chi connectivity index (χ0n) is 14.7. The van der Waals surface area contributed by atoms with Crippen molar-refractivity contribution in [2.75, 3.05) is 13.1 Å². The summed E-state index contributed by atoms with van der Waals surface area (Å²) in [6.07, 6.45) is 3.18. The molecular formula is C17H29ClN2O2S. The van der Waals surface area contributed by atoms with Crippen LogP contribution in [0.3, 0.4) is 0 Å². The van der Waals surface area contributed by atoms with Gasteiger partial charge in [-0.15, -0.1) is 12.4 Å². The Bertz CT molecular complexity index is 637. The molecule has 1 saturated heterocycles. The number of rotatable bonds is 5. The van der Waals surface area contributed by atoms with Gasteiger partial charge in [-0.05, 0) is 88.2 Å². The molecule has 1 aromatic rings. The Balaban J connectivity index is 0.00000264. The van der Waals surface area contributed by atoms with E-state index in [0.717, 1.165) is 41.6 Å². The molecule has 0 unspecified atom stereocenters. The van der Waals surface area contributed by atoms with Crippen LogP contribution in [0.2, 0.25) is 0 Å². The van der Waals surface area contributed by atoms with Crippen LogP contribution < -0.4 is 10.0 Å². The molecule has 1 aliphatic heterocycles.